The van der Waals surface area contributed by atoms with Gasteiger partial charge in [-0.25, -0.2) is 4.79 Å². The van der Waals surface area contributed by atoms with Gasteiger partial charge in [0.2, 0.25) is 24.1 Å². The molecule has 0 fully saturated rings. The third kappa shape index (κ3) is 17.8. The number of hydrogen-bond donors (Lipinski definition) is 7. The van der Waals surface area contributed by atoms with E-state index in [0.717, 1.165) is 17.5 Å². The lowest BCUT2D eigenvalue weighted by Crippen LogP contribution is -2.57. The third-order valence-corrected chi connectivity index (χ3v) is 8.17. The molecular weight excluding hydrogens is 662 g/mol. The molecule has 2 rings (SSSR count). The highest BCUT2D eigenvalue weighted by Gasteiger charge is 2.31. The summed E-state index contributed by atoms with van der Waals surface area (Å²) in [7, 11) is 0. The fourth-order valence-corrected chi connectivity index (χ4v) is 5.28. The molecule has 14 heteroatoms. The summed E-state index contributed by atoms with van der Waals surface area (Å²) in [5, 5.41) is 28.7. The Morgan fingerprint density at radius 1 is 0.740 bits per heavy atom. The van der Waals surface area contributed by atoms with Gasteiger partial charge in [0.1, 0.15) is 30.2 Å². The zero-order valence-electron chi connectivity index (χ0n) is 29.3. The number of carboxylic acids is 2. The molecule has 50 heavy (non-hydrogen) atoms. The summed E-state index contributed by atoms with van der Waals surface area (Å²) >= 11 is 1.54. The summed E-state index contributed by atoms with van der Waals surface area (Å²) in [4.78, 5) is 72.5. The molecule has 0 bridgehead atoms. The summed E-state index contributed by atoms with van der Waals surface area (Å²) in [6.45, 7) is 5.74. The summed E-state index contributed by atoms with van der Waals surface area (Å²) in [5.74, 6) is -3.06. The number of unbranched alkanes of at least 4 members (excludes halogenated alkanes) is 1. The maximum absolute atomic E-state index is 13.3. The van der Waals surface area contributed by atoms with Crippen LogP contribution in [0, 0.1) is 5.92 Å². The molecule has 0 spiro atoms. The van der Waals surface area contributed by atoms with Crippen LogP contribution in [0.4, 0.5) is 0 Å². The number of aliphatic carboxylic acids is 2. The molecule has 0 aliphatic heterocycles. The zero-order valence-corrected chi connectivity index (χ0v) is 30.1. The monoisotopic (exact) mass is 715 g/mol. The van der Waals surface area contributed by atoms with Crippen LogP contribution in [-0.4, -0.2) is 88.5 Å². The standard InChI is InChI=1S/C27H42N4O6S.C9H11NO2/c1-5-6-12-21(29-24(33)20(28-17-32)13-14-38-4)25(34)30-22(15-18(2)3)26(35)31-23(27(36)37)16-19-10-8-7-9-11-19;10-8(9(11)12)6-7-4-2-1-3-5-7/h7-11,17-18,20-23H,5-6,12-16H2,1-4H3,(H,28,32)(H,29,33)(H,30,34)(H,31,35)(H,36,37);1-5,8H,6,10H2,(H,11,12)/t20-,21-,22-,23-;8-/m00/s1. The molecule has 0 radical (unpaired) electrons. The molecule has 4 amide bonds. The molecule has 0 saturated carbocycles. The van der Waals surface area contributed by atoms with Crippen LogP contribution in [0.15, 0.2) is 60.7 Å². The lowest BCUT2D eigenvalue weighted by atomic mass is 10.0. The van der Waals surface area contributed by atoms with Crippen LogP contribution in [-0.2, 0) is 41.6 Å². The Morgan fingerprint density at radius 3 is 1.72 bits per heavy atom. The van der Waals surface area contributed by atoms with E-state index in [1.807, 2.05) is 63.4 Å². The van der Waals surface area contributed by atoms with Crippen LogP contribution in [0.5, 0.6) is 0 Å². The normalized spacial score (nSPS) is 13.6. The first kappa shape index (κ1) is 43.6. The number of nitrogens with two attached hydrogens (primary N) is 1. The van der Waals surface area contributed by atoms with Crippen molar-refractivity contribution >= 4 is 47.8 Å². The first-order valence-corrected chi connectivity index (χ1v) is 18.1. The smallest absolute Gasteiger partial charge is 0.326 e. The van der Waals surface area contributed by atoms with E-state index in [9.17, 15) is 33.9 Å². The SMILES string of the molecule is CCCC[C@H](NC(=O)[C@H](CCSC)NC=O)C(=O)N[C@@H](CC(C)C)C(=O)N[C@@H](Cc1ccccc1)C(=O)O.N[C@@H](Cc1ccccc1)C(=O)O. The second kappa shape index (κ2) is 24.7. The van der Waals surface area contributed by atoms with Crippen molar-refractivity contribution in [2.45, 2.75) is 95.9 Å². The van der Waals surface area contributed by atoms with Crippen LogP contribution in [0.1, 0.15) is 64.0 Å². The molecule has 0 aliphatic carbocycles. The Hall–Kier alpha value is -4.43. The van der Waals surface area contributed by atoms with Gasteiger partial charge in [0.05, 0.1) is 0 Å². The average Bonchev–Trinajstić information content (AvgIpc) is 3.08. The van der Waals surface area contributed by atoms with Gasteiger partial charge >= 0.3 is 11.9 Å². The first-order chi connectivity index (χ1) is 23.8. The van der Waals surface area contributed by atoms with Crippen molar-refractivity contribution in [3.8, 4) is 0 Å². The van der Waals surface area contributed by atoms with Gasteiger partial charge in [0.25, 0.3) is 0 Å². The van der Waals surface area contributed by atoms with Crippen molar-refractivity contribution in [3.63, 3.8) is 0 Å². The Labute approximate surface area is 298 Å². The Balaban J connectivity index is 0.000000871. The number of carboxylic acid groups (broad SMARTS) is 2. The van der Waals surface area contributed by atoms with Crippen molar-refractivity contribution in [2.24, 2.45) is 11.7 Å². The zero-order chi connectivity index (χ0) is 37.5. The van der Waals surface area contributed by atoms with E-state index < -0.39 is 59.9 Å². The maximum atomic E-state index is 13.3. The van der Waals surface area contributed by atoms with Crippen LogP contribution in [0.3, 0.4) is 0 Å². The predicted molar refractivity (Wildman–Crippen MR) is 194 cm³/mol. The number of nitrogens with one attached hydrogen (secondary N) is 4. The second-order valence-electron chi connectivity index (χ2n) is 12.2. The number of carbonyl (C=O) groups is 6. The summed E-state index contributed by atoms with van der Waals surface area (Å²) < 4.78 is 0. The first-order valence-electron chi connectivity index (χ1n) is 16.7. The molecule has 0 unspecified atom stereocenters. The third-order valence-electron chi connectivity index (χ3n) is 7.53. The predicted octanol–water partition coefficient (Wildman–Crippen LogP) is 2.51. The van der Waals surface area contributed by atoms with Gasteiger partial charge in [-0.2, -0.15) is 11.8 Å². The summed E-state index contributed by atoms with van der Waals surface area (Å²) in [6, 6.07) is 13.7. The highest BCUT2D eigenvalue weighted by Crippen LogP contribution is 2.10. The molecule has 0 heterocycles. The van der Waals surface area contributed by atoms with Crippen molar-refractivity contribution in [3.05, 3.63) is 71.8 Å². The molecule has 13 nitrogen and oxygen atoms in total. The number of amides is 4. The van der Waals surface area contributed by atoms with Gasteiger partial charge in [-0.15, -0.1) is 0 Å². The van der Waals surface area contributed by atoms with Gasteiger partial charge in [-0.1, -0.05) is 94.3 Å². The topological polar surface area (TPSA) is 217 Å². The minimum atomic E-state index is -1.18. The molecule has 8 N–H and O–H groups in total. The second-order valence-corrected chi connectivity index (χ2v) is 13.2. The van der Waals surface area contributed by atoms with Crippen LogP contribution in [0.2, 0.25) is 0 Å². The van der Waals surface area contributed by atoms with E-state index in [0.29, 0.717) is 37.8 Å². The van der Waals surface area contributed by atoms with Crippen molar-refractivity contribution < 1.29 is 39.0 Å². The van der Waals surface area contributed by atoms with Gasteiger partial charge in [-0.05, 0) is 54.7 Å². The lowest BCUT2D eigenvalue weighted by Gasteiger charge is -2.26. The molecule has 0 saturated heterocycles. The molecule has 276 valence electrons. The Morgan fingerprint density at radius 2 is 1.24 bits per heavy atom. The minimum absolute atomic E-state index is 0.0276. The van der Waals surface area contributed by atoms with E-state index in [2.05, 4.69) is 21.3 Å². The average molecular weight is 716 g/mol. The molecule has 2 aromatic rings. The maximum Gasteiger partial charge on any atom is 0.326 e. The Kier molecular flexibility index (Phi) is 21.5. The number of benzene rings is 2. The lowest BCUT2D eigenvalue weighted by molar-refractivity contribution is -0.142. The molecule has 0 aliphatic rings. The minimum Gasteiger partial charge on any atom is -0.480 e. The summed E-state index contributed by atoms with van der Waals surface area (Å²) in [5.41, 5.74) is 7.06. The van der Waals surface area contributed by atoms with E-state index in [1.54, 1.807) is 24.3 Å². The molecular formula is C36H53N5O8S. The quantitative estimate of drug-likeness (QED) is 0.0884. The number of rotatable bonds is 22. The number of thioether (sulfide) groups is 1. The van der Waals surface area contributed by atoms with E-state index in [-0.39, 0.29) is 18.8 Å². The van der Waals surface area contributed by atoms with Gasteiger partial charge in [0, 0.05) is 6.42 Å². The van der Waals surface area contributed by atoms with Crippen molar-refractivity contribution in [2.75, 3.05) is 12.0 Å². The molecule has 5 atom stereocenters. The van der Waals surface area contributed by atoms with Crippen LogP contribution >= 0.6 is 11.8 Å². The van der Waals surface area contributed by atoms with Gasteiger partial charge in [-0.3, -0.25) is 24.0 Å². The van der Waals surface area contributed by atoms with Crippen molar-refractivity contribution in [1.29, 1.82) is 0 Å². The van der Waals surface area contributed by atoms with Crippen molar-refractivity contribution in [1.82, 2.24) is 21.3 Å². The number of carbonyl (C=O) groups excluding carboxylic acids is 4. The Bertz CT molecular complexity index is 1330. The highest BCUT2D eigenvalue weighted by molar-refractivity contribution is 7.98. The van der Waals surface area contributed by atoms with E-state index in [4.69, 9.17) is 10.8 Å². The number of hydrogen-bond acceptors (Lipinski definition) is 8. The fourth-order valence-electron chi connectivity index (χ4n) is 4.81. The van der Waals surface area contributed by atoms with E-state index >= 15 is 0 Å². The van der Waals surface area contributed by atoms with Crippen LogP contribution < -0.4 is 27.0 Å². The van der Waals surface area contributed by atoms with Gasteiger partial charge < -0.3 is 37.2 Å². The van der Waals surface area contributed by atoms with E-state index in [1.165, 1.54) is 11.8 Å². The molecule has 2 aromatic carbocycles. The largest absolute Gasteiger partial charge is 0.480 e. The summed E-state index contributed by atoms with van der Waals surface area (Å²) in [6.07, 6.45) is 5.33. The fraction of sp³-hybridized carbons (Fsp3) is 0.500. The van der Waals surface area contributed by atoms with Crippen LogP contribution in [0.25, 0.3) is 0 Å². The molecule has 0 aromatic heterocycles. The highest BCUT2D eigenvalue weighted by atomic mass is 32.2. The van der Waals surface area contributed by atoms with Gasteiger partial charge in [0.15, 0.2) is 0 Å².